The van der Waals surface area contributed by atoms with Crippen molar-refractivity contribution in [3.8, 4) is 23.0 Å². The average Bonchev–Trinajstić information content (AvgIpc) is 3.44. The number of aromatic amines is 1. The minimum Gasteiger partial charge on any atom is -0.454 e. The maximum Gasteiger partial charge on any atom is 0.277 e. The topological polar surface area (TPSA) is 90.2 Å². The third-order valence-corrected chi connectivity index (χ3v) is 5.75. The molecule has 0 radical (unpaired) electrons. The summed E-state index contributed by atoms with van der Waals surface area (Å²) in [6.07, 6.45) is 0. The lowest BCUT2D eigenvalue weighted by molar-refractivity contribution is 0.0994. The lowest BCUT2D eigenvalue weighted by Crippen LogP contribution is -2.14. The van der Waals surface area contributed by atoms with Crippen LogP contribution < -0.4 is 9.47 Å². The molecule has 3 heterocycles. The first-order chi connectivity index (χ1) is 14.1. The zero-order valence-electron chi connectivity index (χ0n) is 15.8. The summed E-state index contributed by atoms with van der Waals surface area (Å²) in [5.74, 6) is 1.73. The molecule has 2 aromatic heterocycles. The Kier molecular flexibility index (Phi) is 4.28. The number of ether oxygens (including phenoxy) is 2. The van der Waals surface area contributed by atoms with Gasteiger partial charge in [0.25, 0.3) is 5.22 Å². The van der Waals surface area contributed by atoms with Crippen LogP contribution in [0.15, 0.2) is 52.1 Å². The van der Waals surface area contributed by atoms with Crippen LogP contribution in [0.1, 0.15) is 23.0 Å². The zero-order valence-corrected chi connectivity index (χ0v) is 16.6. The highest BCUT2D eigenvalue weighted by Crippen LogP contribution is 2.36. The van der Waals surface area contributed by atoms with Crippen LogP contribution in [-0.4, -0.2) is 33.0 Å². The number of thioether (sulfide) groups is 1. The molecule has 1 atom stereocenters. The molecule has 146 valence electrons. The van der Waals surface area contributed by atoms with Gasteiger partial charge in [-0.1, -0.05) is 30.0 Å². The smallest absolute Gasteiger partial charge is 0.277 e. The van der Waals surface area contributed by atoms with Crippen molar-refractivity contribution in [3.05, 3.63) is 53.7 Å². The van der Waals surface area contributed by atoms with E-state index in [1.165, 1.54) is 11.8 Å². The van der Waals surface area contributed by atoms with E-state index in [2.05, 4.69) is 15.2 Å². The molecule has 0 amide bonds. The minimum atomic E-state index is -0.377. The molecule has 5 rings (SSSR count). The fourth-order valence-electron chi connectivity index (χ4n) is 3.41. The Morgan fingerprint density at radius 3 is 2.86 bits per heavy atom. The number of carbonyl (C=O) groups excluding carboxylic acids is 1. The van der Waals surface area contributed by atoms with E-state index in [1.807, 2.05) is 44.2 Å². The van der Waals surface area contributed by atoms with Crippen LogP contribution in [0.4, 0.5) is 0 Å². The average molecular weight is 407 g/mol. The van der Waals surface area contributed by atoms with E-state index in [-0.39, 0.29) is 17.8 Å². The Labute approximate surface area is 170 Å². The van der Waals surface area contributed by atoms with Gasteiger partial charge in [0.1, 0.15) is 0 Å². The summed E-state index contributed by atoms with van der Waals surface area (Å²) in [7, 11) is 0. The number of aromatic nitrogens is 3. The highest BCUT2D eigenvalue weighted by molar-refractivity contribution is 8.00. The fourth-order valence-corrected chi connectivity index (χ4v) is 4.15. The summed E-state index contributed by atoms with van der Waals surface area (Å²) < 4.78 is 16.5. The standard InChI is InChI=1S/C21H17N3O4S/c1-11-18(14-5-3-4-6-15(14)22-11)19(25)12(2)29-21-24-23-20(28-21)13-7-8-16-17(9-13)27-10-26-16/h3-9,12,22H,10H2,1-2H3/t12-/m1/s1. The van der Waals surface area contributed by atoms with Gasteiger partial charge in [0.2, 0.25) is 12.7 Å². The van der Waals surface area contributed by atoms with Crippen LogP contribution in [0, 0.1) is 6.92 Å². The molecule has 2 aromatic carbocycles. The van der Waals surface area contributed by atoms with E-state index >= 15 is 0 Å². The van der Waals surface area contributed by atoms with Crippen molar-refractivity contribution >= 4 is 28.4 Å². The molecule has 0 saturated carbocycles. The first kappa shape index (κ1) is 17.8. The zero-order chi connectivity index (χ0) is 20.0. The quantitative estimate of drug-likeness (QED) is 0.381. The number of aryl methyl sites for hydroxylation is 1. The molecule has 29 heavy (non-hydrogen) atoms. The Morgan fingerprint density at radius 1 is 1.14 bits per heavy atom. The van der Waals surface area contributed by atoms with Crippen molar-refractivity contribution in [2.75, 3.05) is 6.79 Å². The number of fused-ring (bicyclic) bond motifs is 2. The second-order valence-electron chi connectivity index (χ2n) is 6.74. The van der Waals surface area contributed by atoms with Gasteiger partial charge in [-0.15, -0.1) is 10.2 Å². The monoisotopic (exact) mass is 407 g/mol. The van der Waals surface area contributed by atoms with E-state index in [0.717, 1.165) is 22.2 Å². The molecule has 7 nitrogen and oxygen atoms in total. The normalized spacial score (nSPS) is 13.7. The van der Waals surface area contributed by atoms with Gasteiger partial charge in [-0.3, -0.25) is 4.79 Å². The maximum absolute atomic E-state index is 13.1. The first-order valence-electron chi connectivity index (χ1n) is 9.12. The predicted octanol–water partition coefficient (Wildman–Crippen LogP) is 4.62. The van der Waals surface area contributed by atoms with Crippen molar-refractivity contribution in [2.45, 2.75) is 24.3 Å². The van der Waals surface area contributed by atoms with Crippen molar-refractivity contribution in [2.24, 2.45) is 0 Å². The lowest BCUT2D eigenvalue weighted by Gasteiger charge is -2.07. The number of H-pyrrole nitrogens is 1. The molecule has 1 N–H and O–H groups in total. The summed E-state index contributed by atoms with van der Waals surface area (Å²) in [5, 5.41) is 9.08. The molecule has 0 fully saturated rings. The molecule has 0 unspecified atom stereocenters. The Morgan fingerprint density at radius 2 is 1.97 bits per heavy atom. The number of benzene rings is 2. The van der Waals surface area contributed by atoms with Crippen LogP contribution >= 0.6 is 11.8 Å². The summed E-state index contributed by atoms with van der Waals surface area (Å²) in [6, 6.07) is 13.2. The van der Waals surface area contributed by atoms with Crippen molar-refractivity contribution in [3.63, 3.8) is 0 Å². The van der Waals surface area contributed by atoms with E-state index in [0.29, 0.717) is 28.2 Å². The van der Waals surface area contributed by atoms with Crippen molar-refractivity contribution < 1.29 is 18.7 Å². The van der Waals surface area contributed by atoms with E-state index < -0.39 is 0 Å². The second kappa shape index (κ2) is 6.97. The molecule has 0 spiro atoms. The van der Waals surface area contributed by atoms with Gasteiger partial charge >= 0.3 is 0 Å². The third kappa shape index (κ3) is 3.15. The largest absolute Gasteiger partial charge is 0.454 e. The number of hydrogen-bond donors (Lipinski definition) is 1. The number of nitrogens with zero attached hydrogens (tertiary/aromatic N) is 2. The SMILES string of the molecule is Cc1[nH]c2ccccc2c1C(=O)[C@@H](C)Sc1nnc(-c2ccc3c(c2)OCO3)o1. The highest BCUT2D eigenvalue weighted by atomic mass is 32.2. The molecule has 4 aromatic rings. The number of hydrogen-bond acceptors (Lipinski definition) is 7. The van der Waals surface area contributed by atoms with Crippen LogP contribution in [0.25, 0.3) is 22.4 Å². The van der Waals surface area contributed by atoms with Gasteiger partial charge in [-0.25, -0.2) is 0 Å². The summed E-state index contributed by atoms with van der Waals surface area (Å²) in [5.41, 5.74) is 3.25. The molecule has 8 heteroatoms. The van der Waals surface area contributed by atoms with Gasteiger partial charge in [-0.05, 0) is 38.1 Å². The number of ketones is 1. The number of para-hydroxylation sites is 1. The van der Waals surface area contributed by atoms with Crippen LogP contribution in [0.3, 0.4) is 0 Å². The van der Waals surface area contributed by atoms with Gasteiger partial charge < -0.3 is 18.9 Å². The molecule has 0 bridgehead atoms. The molecule has 1 aliphatic heterocycles. The Balaban J connectivity index is 1.37. The molecule has 1 aliphatic rings. The summed E-state index contributed by atoms with van der Waals surface area (Å²) in [4.78, 5) is 16.4. The number of rotatable bonds is 5. The van der Waals surface area contributed by atoms with Crippen LogP contribution in [0.5, 0.6) is 11.5 Å². The van der Waals surface area contributed by atoms with Gasteiger partial charge in [0.05, 0.1) is 5.25 Å². The molecule has 0 saturated heterocycles. The number of carbonyl (C=O) groups is 1. The van der Waals surface area contributed by atoms with Crippen LogP contribution in [-0.2, 0) is 0 Å². The van der Waals surface area contributed by atoms with E-state index in [4.69, 9.17) is 13.9 Å². The number of nitrogens with one attached hydrogen (secondary N) is 1. The van der Waals surface area contributed by atoms with E-state index in [9.17, 15) is 4.79 Å². The predicted molar refractivity (Wildman–Crippen MR) is 109 cm³/mol. The van der Waals surface area contributed by atoms with Crippen LogP contribution in [0.2, 0.25) is 0 Å². The summed E-state index contributed by atoms with van der Waals surface area (Å²) in [6.45, 7) is 3.96. The Hall–Kier alpha value is -3.26. The van der Waals surface area contributed by atoms with Gasteiger partial charge in [-0.2, -0.15) is 0 Å². The number of Topliss-reactive ketones (excluding diaryl/α,β-unsaturated/α-hetero) is 1. The lowest BCUT2D eigenvalue weighted by atomic mass is 10.1. The van der Waals surface area contributed by atoms with Crippen molar-refractivity contribution in [1.82, 2.24) is 15.2 Å². The summed E-state index contributed by atoms with van der Waals surface area (Å²) >= 11 is 1.25. The molecular weight excluding hydrogens is 390 g/mol. The second-order valence-corrected chi connectivity index (χ2v) is 8.03. The van der Waals surface area contributed by atoms with E-state index in [1.54, 1.807) is 12.1 Å². The molecular formula is C21H17N3O4S. The highest BCUT2D eigenvalue weighted by Gasteiger charge is 2.24. The molecule has 0 aliphatic carbocycles. The maximum atomic E-state index is 13.1. The minimum absolute atomic E-state index is 0.0211. The first-order valence-corrected chi connectivity index (χ1v) is 10.00. The van der Waals surface area contributed by atoms with Crippen molar-refractivity contribution in [1.29, 1.82) is 0 Å². The fraction of sp³-hybridized carbons (Fsp3) is 0.190. The van der Waals surface area contributed by atoms with Gasteiger partial charge in [0.15, 0.2) is 17.3 Å². The third-order valence-electron chi connectivity index (χ3n) is 4.81. The Bertz CT molecular complexity index is 1230. The van der Waals surface area contributed by atoms with Gasteiger partial charge in [0, 0.05) is 27.7 Å².